The number of rotatable bonds is 7. The SMILES string of the molecule is Cc1ccccc1NS(=O)(=O)c1cc(C(=O)NC[C@H](C)c2ccccc2)ccc1Cl. The number of para-hydroxylation sites is 1. The van der Waals surface area contributed by atoms with Crippen molar-refractivity contribution in [3.05, 3.63) is 94.5 Å². The number of sulfonamides is 1. The van der Waals surface area contributed by atoms with Gasteiger partial charge in [0.05, 0.1) is 10.7 Å². The molecular formula is C23H23ClN2O3S. The first-order valence-corrected chi connectivity index (χ1v) is 11.3. The predicted molar refractivity (Wildman–Crippen MR) is 121 cm³/mol. The van der Waals surface area contributed by atoms with E-state index in [0.717, 1.165) is 11.1 Å². The summed E-state index contributed by atoms with van der Waals surface area (Å²) in [5.41, 5.74) is 2.57. The van der Waals surface area contributed by atoms with Gasteiger partial charge in [-0.3, -0.25) is 9.52 Å². The Balaban J connectivity index is 1.77. The molecule has 30 heavy (non-hydrogen) atoms. The van der Waals surface area contributed by atoms with Crippen molar-refractivity contribution in [2.75, 3.05) is 11.3 Å². The van der Waals surface area contributed by atoms with E-state index in [1.54, 1.807) is 25.1 Å². The summed E-state index contributed by atoms with van der Waals surface area (Å²) in [5, 5.41) is 2.90. The molecule has 3 aromatic rings. The van der Waals surface area contributed by atoms with Crippen LogP contribution in [0.15, 0.2) is 77.7 Å². The van der Waals surface area contributed by atoms with Crippen molar-refractivity contribution in [2.45, 2.75) is 24.7 Å². The number of nitrogens with one attached hydrogen (secondary N) is 2. The Labute approximate surface area is 182 Å². The van der Waals surface area contributed by atoms with Crippen LogP contribution in [0.2, 0.25) is 5.02 Å². The van der Waals surface area contributed by atoms with Crippen LogP contribution in [-0.2, 0) is 10.0 Å². The van der Waals surface area contributed by atoms with Crippen LogP contribution in [-0.4, -0.2) is 20.9 Å². The predicted octanol–water partition coefficient (Wildman–Crippen LogP) is 4.98. The largest absolute Gasteiger partial charge is 0.351 e. The zero-order valence-electron chi connectivity index (χ0n) is 16.7. The van der Waals surface area contributed by atoms with E-state index in [9.17, 15) is 13.2 Å². The molecule has 3 rings (SSSR count). The molecule has 0 aromatic heterocycles. The molecule has 0 bridgehead atoms. The fourth-order valence-corrected chi connectivity index (χ4v) is 4.64. The van der Waals surface area contributed by atoms with Crippen molar-refractivity contribution >= 4 is 33.2 Å². The van der Waals surface area contributed by atoms with E-state index < -0.39 is 10.0 Å². The van der Waals surface area contributed by atoms with Crippen molar-refractivity contribution in [3.8, 4) is 0 Å². The number of carbonyl (C=O) groups excluding carboxylic acids is 1. The third kappa shape index (κ3) is 5.20. The molecule has 1 atom stereocenters. The molecule has 0 saturated heterocycles. The third-order valence-corrected chi connectivity index (χ3v) is 6.66. The Kier molecular flexibility index (Phi) is 6.80. The molecule has 0 fully saturated rings. The Morgan fingerprint density at radius 3 is 2.37 bits per heavy atom. The molecule has 0 aliphatic heterocycles. The zero-order chi connectivity index (χ0) is 21.7. The molecule has 0 aliphatic rings. The van der Waals surface area contributed by atoms with Gasteiger partial charge in [-0.2, -0.15) is 0 Å². The van der Waals surface area contributed by atoms with Gasteiger partial charge in [0.2, 0.25) is 0 Å². The normalized spacial score (nSPS) is 12.2. The molecule has 1 amide bonds. The summed E-state index contributed by atoms with van der Waals surface area (Å²) in [6.07, 6.45) is 0. The fraction of sp³-hybridized carbons (Fsp3) is 0.174. The van der Waals surface area contributed by atoms with Gasteiger partial charge in [-0.25, -0.2) is 8.42 Å². The van der Waals surface area contributed by atoms with E-state index in [1.165, 1.54) is 18.2 Å². The van der Waals surface area contributed by atoms with Gasteiger partial charge in [-0.15, -0.1) is 0 Å². The number of hydrogen-bond acceptors (Lipinski definition) is 3. The topological polar surface area (TPSA) is 75.3 Å². The smallest absolute Gasteiger partial charge is 0.263 e. The first-order chi connectivity index (χ1) is 14.3. The first kappa shape index (κ1) is 21.9. The van der Waals surface area contributed by atoms with E-state index in [-0.39, 0.29) is 27.3 Å². The van der Waals surface area contributed by atoms with E-state index in [4.69, 9.17) is 11.6 Å². The van der Waals surface area contributed by atoms with Crippen LogP contribution in [0.5, 0.6) is 0 Å². The second-order valence-electron chi connectivity index (χ2n) is 7.09. The van der Waals surface area contributed by atoms with Crippen LogP contribution >= 0.6 is 11.6 Å². The zero-order valence-corrected chi connectivity index (χ0v) is 18.3. The number of benzene rings is 3. The van der Waals surface area contributed by atoms with Crippen molar-refractivity contribution in [2.24, 2.45) is 0 Å². The molecule has 2 N–H and O–H groups in total. The molecule has 5 nitrogen and oxygen atoms in total. The molecule has 7 heteroatoms. The van der Waals surface area contributed by atoms with Crippen molar-refractivity contribution < 1.29 is 13.2 Å². The van der Waals surface area contributed by atoms with Crippen molar-refractivity contribution in [3.63, 3.8) is 0 Å². The van der Waals surface area contributed by atoms with Crippen LogP contribution in [0.3, 0.4) is 0 Å². The van der Waals surface area contributed by atoms with Gasteiger partial charge in [-0.1, -0.05) is 67.1 Å². The minimum absolute atomic E-state index is 0.0466. The molecule has 0 spiro atoms. The highest BCUT2D eigenvalue weighted by molar-refractivity contribution is 7.92. The van der Waals surface area contributed by atoms with Crippen LogP contribution in [0, 0.1) is 6.92 Å². The highest BCUT2D eigenvalue weighted by atomic mass is 35.5. The lowest BCUT2D eigenvalue weighted by Crippen LogP contribution is -2.27. The number of halogens is 1. The Hall–Kier alpha value is -2.83. The molecule has 156 valence electrons. The number of carbonyl (C=O) groups is 1. The van der Waals surface area contributed by atoms with Gasteiger partial charge in [0.1, 0.15) is 4.90 Å². The quantitative estimate of drug-likeness (QED) is 0.541. The highest BCUT2D eigenvalue weighted by Gasteiger charge is 2.21. The maximum Gasteiger partial charge on any atom is 0.263 e. The Morgan fingerprint density at radius 2 is 1.67 bits per heavy atom. The summed E-state index contributed by atoms with van der Waals surface area (Å²) in [6.45, 7) is 4.24. The summed E-state index contributed by atoms with van der Waals surface area (Å²) in [6, 6.07) is 21.1. The van der Waals surface area contributed by atoms with E-state index in [0.29, 0.717) is 12.2 Å². The first-order valence-electron chi connectivity index (χ1n) is 9.49. The number of hydrogen-bond donors (Lipinski definition) is 2. The van der Waals surface area contributed by atoms with Crippen LogP contribution < -0.4 is 10.0 Å². The summed E-state index contributed by atoms with van der Waals surface area (Å²) in [7, 11) is -3.96. The number of amides is 1. The maximum absolute atomic E-state index is 12.9. The summed E-state index contributed by atoms with van der Waals surface area (Å²) >= 11 is 6.15. The lowest BCUT2D eigenvalue weighted by molar-refractivity contribution is 0.0951. The molecule has 0 aliphatic carbocycles. The van der Waals surface area contributed by atoms with E-state index in [1.807, 2.05) is 43.3 Å². The highest BCUT2D eigenvalue weighted by Crippen LogP contribution is 2.26. The number of anilines is 1. The average Bonchev–Trinajstić information content (AvgIpc) is 2.74. The van der Waals surface area contributed by atoms with Crippen LogP contribution in [0.4, 0.5) is 5.69 Å². The van der Waals surface area contributed by atoms with E-state index in [2.05, 4.69) is 10.0 Å². The lowest BCUT2D eigenvalue weighted by atomic mass is 10.0. The standard InChI is InChI=1S/C23H23ClN2O3S/c1-16-8-6-7-11-21(16)26-30(28,29)22-14-19(12-13-20(22)24)23(27)25-15-17(2)18-9-4-3-5-10-18/h3-14,17,26H,15H2,1-2H3,(H,25,27)/t17-/m0/s1. The van der Waals surface area contributed by atoms with Gasteiger partial charge >= 0.3 is 0 Å². The van der Waals surface area contributed by atoms with Gasteiger partial charge in [0, 0.05) is 12.1 Å². The van der Waals surface area contributed by atoms with Gasteiger partial charge in [0.25, 0.3) is 15.9 Å². The minimum atomic E-state index is -3.96. The van der Waals surface area contributed by atoms with E-state index >= 15 is 0 Å². The summed E-state index contributed by atoms with van der Waals surface area (Å²) < 4.78 is 28.3. The molecular weight excluding hydrogens is 420 g/mol. The molecule has 3 aromatic carbocycles. The lowest BCUT2D eigenvalue weighted by Gasteiger charge is -2.15. The average molecular weight is 443 g/mol. The Bertz CT molecular complexity index is 1150. The Morgan fingerprint density at radius 1 is 1.00 bits per heavy atom. The summed E-state index contributed by atoms with van der Waals surface area (Å²) in [4.78, 5) is 12.5. The third-order valence-electron chi connectivity index (χ3n) is 4.81. The van der Waals surface area contributed by atoms with Crippen molar-refractivity contribution in [1.29, 1.82) is 0 Å². The molecule has 0 unspecified atom stereocenters. The van der Waals surface area contributed by atoms with Crippen LogP contribution in [0.25, 0.3) is 0 Å². The molecule has 0 saturated carbocycles. The fourth-order valence-electron chi connectivity index (χ4n) is 2.98. The minimum Gasteiger partial charge on any atom is -0.351 e. The maximum atomic E-state index is 12.9. The van der Waals surface area contributed by atoms with Crippen LogP contribution in [0.1, 0.15) is 34.3 Å². The summed E-state index contributed by atoms with van der Waals surface area (Å²) in [5.74, 6) is -0.241. The van der Waals surface area contributed by atoms with Crippen molar-refractivity contribution in [1.82, 2.24) is 5.32 Å². The molecule has 0 heterocycles. The monoisotopic (exact) mass is 442 g/mol. The second kappa shape index (κ2) is 9.32. The second-order valence-corrected chi connectivity index (χ2v) is 9.15. The number of aryl methyl sites for hydroxylation is 1. The van der Waals surface area contributed by atoms with Gasteiger partial charge in [-0.05, 0) is 48.2 Å². The van der Waals surface area contributed by atoms with Gasteiger partial charge < -0.3 is 5.32 Å². The molecule has 0 radical (unpaired) electrons. The van der Waals surface area contributed by atoms with Gasteiger partial charge in [0.15, 0.2) is 0 Å².